The number of fused-ring (bicyclic) bond motifs is 1. The summed E-state index contributed by atoms with van der Waals surface area (Å²) in [5.74, 6) is -0.586. The Morgan fingerprint density at radius 1 is 1.58 bits per heavy atom. The molecule has 1 fully saturated rings. The van der Waals surface area contributed by atoms with Crippen LogP contribution in [-0.2, 0) is 9.53 Å². The molecule has 3 atom stereocenters. The molecule has 1 aliphatic heterocycles. The topological polar surface area (TPSA) is 70.1 Å². The van der Waals surface area contributed by atoms with Gasteiger partial charge in [-0.05, 0) is 44.9 Å². The molecule has 4 heteroatoms. The standard InChI is InChI=1S/C15H22O4/c1-10(2)11-3-4-12(14(17)18)5-6-13-15(9-16,19-13)8-7-11/h4,11,13,16H,1,3,5-9H2,2H3,(H,17,18)/b12-4-/t11-,13+,15-/m0/s1. The van der Waals surface area contributed by atoms with E-state index in [1.54, 1.807) is 0 Å². The summed E-state index contributed by atoms with van der Waals surface area (Å²) >= 11 is 0. The number of carbonyl (C=O) groups is 1. The van der Waals surface area contributed by atoms with Gasteiger partial charge in [0.05, 0.1) is 12.7 Å². The van der Waals surface area contributed by atoms with Gasteiger partial charge in [0, 0.05) is 5.57 Å². The van der Waals surface area contributed by atoms with Crippen LogP contribution in [0.25, 0.3) is 0 Å². The van der Waals surface area contributed by atoms with Crippen LogP contribution in [0, 0.1) is 5.92 Å². The van der Waals surface area contributed by atoms with Crippen molar-refractivity contribution in [3.05, 3.63) is 23.8 Å². The lowest BCUT2D eigenvalue weighted by Crippen LogP contribution is -2.23. The van der Waals surface area contributed by atoms with Crippen molar-refractivity contribution in [3.63, 3.8) is 0 Å². The summed E-state index contributed by atoms with van der Waals surface area (Å²) in [5.41, 5.74) is 1.09. The van der Waals surface area contributed by atoms with E-state index in [2.05, 4.69) is 6.58 Å². The number of hydrogen-bond acceptors (Lipinski definition) is 3. The first-order chi connectivity index (χ1) is 8.98. The third-order valence-corrected chi connectivity index (χ3v) is 4.39. The molecule has 0 unspecified atom stereocenters. The highest BCUT2D eigenvalue weighted by molar-refractivity contribution is 5.86. The van der Waals surface area contributed by atoms with Crippen LogP contribution in [0.5, 0.6) is 0 Å². The van der Waals surface area contributed by atoms with Crippen LogP contribution in [0.15, 0.2) is 23.8 Å². The number of hydrogen-bond donors (Lipinski definition) is 2. The Bertz CT molecular complexity index is 412. The van der Waals surface area contributed by atoms with Crippen LogP contribution in [0.4, 0.5) is 0 Å². The summed E-state index contributed by atoms with van der Waals surface area (Å²) in [6.45, 7) is 5.98. The van der Waals surface area contributed by atoms with Crippen LogP contribution in [0.2, 0.25) is 0 Å². The minimum atomic E-state index is -0.851. The van der Waals surface area contributed by atoms with Gasteiger partial charge in [-0.3, -0.25) is 0 Å². The molecule has 1 aliphatic carbocycles. The Labute approximate surface area is 113 Å². The highest BCUT2D eigenvalue weighted by atomic mass is 16.6. The summed E-state index contributed by atoms with van der Waals surface area (Å²) in [5, 5.41) is 18.7. The van der Waals surface area contributed by atoms with E-state index in [1.807, 2.05) is 13.0 Å². The van der Waals surface area contributed by atoms with Crippen molar-refractivity contribution in [1.82, 2.24) is 0 Å². The largest absolute Gasteiger partial charge is 0.478 e. The monoisotopic (exact) mass is 266 g/mol. The van der Waals surface area contributed by atoms with Crippen molar-refractivity contribution < 1.29 is 19.7 Å². The van der Waals surface area contributed by atoms with Crippen LogP contribution in [-0.4, -0.2) is 34.5 Å². The maximum Gasteiger partial charge on any atom is 0.331 e. The summed E-state index contributed by atoms with van der Waals surface area (Å²) in [4.78, 5) is 11.2. The first kappa shape index (κ1) is 14.3. The Hall–Kier alpha value is -1.13. The molecule has 2 N–H and O–H groups in total. The van der Waals surface area contributed by atoms with Crippen LogP contribution >= 0.6 is 0 Å². The second kappa shape index (κ2) is 5.47. The van der Waals surface area contributed by atoms with Gasteiger partial charge in [-0.1, -0.05) is 18.2 Å². The highest BCUT2D eigenvalue weighted by Crippen LogP contribution is 2.45. The van der Waals surface area contributed by atoms with Gasteiger partial charge in [0.25, 0.3) is 0 Å². The van der Waals surface area contributed by atoms with E-state index in [4.69, 9.17) is 4.74 Å². The number of epoxide rings is 1. The molecule has 1 saturated heterocycles. The summed E-state index contributed by atoms with van der Waals surface area (Å²) in [7, 11) is 0. The molecule has 0 aromatic heterocycles. The quantitative estimate of drug-likeness (QED) is 0.607. The van der Waals surface area contributed by atoms with E-state index in [9.17, 15) is 15.0 Å². The van der Waals surface area contributed by atoms with Crippen molar-refractivity contribution in [2.75, 3.05) is 6.61 Å². The number of carboxylic acids is 1. The van der Waals surface area contributed by atoms with E-state index in [1.165, 1.54) is 0 Å². The average Bonchev–Trinajstić information content (AvgIpc) is 3.06. The van der Waals surface area contributed by atoms with Gasteiger partial charge in [-0.2, -0.15) is 0 Å². The van der Waals surface area contributed by atoms with Crippen molar-refractivity contribution in [2.24, 2.45) is 5.92 Å². The molecule has 0 radical (unpaired) electrons. The molecule has 1 heterocycles. The molecule has 0 aromatic carbocycles. The summed E-state index contributed by atoms with van der Waals surface area (Å²) in [6.07, 6.45) is 5.43. The zero-order chi connectivity index (χ0) is 14.0. The number of carboxylic acid groups (broad SMARTS) is 1. The average molecular weight is 266 g/mol. The Morgan fingerprint density at radius 2 is 2.32 bits per heavy atom. The van der Waals surface area contributed by atoms with Crippen molar-refractivity contribution in [1.29, 1.82) is 0 Å². The van der Waals surface area contributed by atoms with Crippen LogP contribution < -0.4 is 0 Å². The predicted molar refractivity (Wildman–Crippen MR) is 71.8 cm³/mol. The van der Waals surface area contributed by atoms with Crippen LogP contribution in [0.1, 0.15) is 39.0 Å². The number of ether oxygens (including phenoxy) is 1. The van der Waals surface area contributed by atoms with E-state index < -0.39 is 11.6 Å². The second-order valence-corrected chi connectivity index (χ2v) is 5.72. The molecule has 2 rings (SSSR count). The van der Waals surface area contributed by atoms with Crippen molar-refractivity contribution in [2.45, 2.75) is 50.7 Å². The Balaban J connectivity index is 2.15. The molecular formula is C15H22O4. The number of aliphatic hydroxyl groups is 1. The fourth-order valence-electron chi connectivity index (χ4n) is 2.86. The van der Waals surface area contributed by atoms with Crippen molar-refractivity contribution in [3.8, 4) is 0 Å². The van der Waals surface area contributed by atoms with Gasteiger partial charge in [0.15, 0.2) is 0 Å². The zero-order valence-electron chi connectivity index (χ0n) is 11.4. The lowest BCUT2D eigenvalue weighted by Gasteiger charge is -2.19. The van der Waals surface area contributed by atoms with E-state index >= 15 is 0 Å². The SMILES string of the molecule is C=C(C)[C@H]1C/C=C(\C(=O)O)CC[C@H]2O[C@]2(CO)CC1. The third-order valence-electron chi connectivity index (χ3n) is 4.39. The number of aliphatic hydroxyl groups excluding tert-OH is 1. The molecule has 0 saturated carbocycles. The van der Waals surface area contributed by atoms with Gasteiger partial charge < -0.3 is 14.9 Å². The smallest absolute Gasteiger partial charge is 0.331 e. The fourth-order valence-corrected chi connectivity index (χ4v) is 2.86. The van der Waals surface area contributed by atoms with Gasteiger partial charge in [0.1, 0.15) is 5.60 Å². The van der Waals surface area contributed by atoms with Gasteiger partial charge in [0.2, 0.25) is 0 Å². The van der Waals surface area contributed by atoms with Gasteiger partial charge >= 0.3 is 5.97 Å². The number of allylic oxidation sites excluding steroid dienone is 2. The lowest BCUT2D eigenvalue weighted by atomic mass is 9.85. The lowest BCUT2D eigenvalue weighted by molar-refractivity contribution is -0.132. The minimum Gasteiger partial charge on any atom is -0.478 e. The Kier molecular flexibility index (Phi) is 4.11. The molecule has 4 nitrogen and oxygen atoms in total. The minimum absolute atomic E-state index is 0.00382. The molecule has 0 aromatic rings. The first-order valence-corrected chi connectivity index (χ1v) is 6.85. The van der Waals surface area contributed by atoms with E-state index in [0.29, 0.717) is 24.8 Å². The van der Waals surface area contributed by atoms with Crippen LogP contribution in [0.3, 0.4) is 0 Å². The molecule has 19 heavy (non-hydrogen) atoms. The Morgan fingerprint density at radius 3 is 2.89 bits per heavy atom. The molecule has 0 bridgehead atoms. The summed E-state index contributed by atoms with van der Waals surface area (Å²) < 4.78 is 5.64. The normalized spacial score (nSPS) is 37.7. The fraction of sp³-hybridized carbons (Fsp3) is 0.667. The summed E-state index contributed by atoms with van der Waals surface area (Å²) in [6, 6.07) is 0. The van der Waals surface area contributed by atoms with E-state index in [0.717, 1.165) is 18.4 Å². The number of rotatable bonds is 3. The zero-order valence-corrected chi connectivity index (χ0v) is 11.4. The van der Waals surface area contributed by atoms with Gasteiger partial charge in [-0.15, -0.1) is 0 Å². The molecule has 2 aliphatic rings. The van der Waals surface area contributed by atoms with Gasteiger partial charge in [-0.25, -0.2) is 4.79 Å². The third kappa shape index (κ3) is 3.07. The molecule has 106 valence electrons. The first-order valence-electron chi connectivity index (χ1n) is 6.85. The molecular weight excluding hydrogens is 244 g/mol. The molecule has 0 amide bonds. The predicted octanol–water partition coefficient (Wildman–Crippen LogP) is 2.28. The van der Waals surface area contributed by atoms with E-state index in [-0.39, 0.29) is 18.6 Å². The molecule has 0 spiro atoms. The maximum atomic E-state index is 11.2. The maximum absolute atomic E-state index is 11.2. The highest BCUT2D eigenvalue weighted by Gasteiger charge is 2.55. The second-order valence-electron chi connectivity index (χ2n) is 5.72. The van der Waals surface area contributed by atoms with Crippen molar-refractivity contribution >= 4 is 5.97 Å². The number of aliphatic carboxylic acids is 1.